The molecule has 244 valence electrons. The molecule has 5 rings (SSSR count). The minimum Gasteiger partial charge on any atom is -0.505 e. The average molecular weight is 720 g/mol. The van der Waals surface area contributed by atoms with Gasteiger partial charge in [0.25, 0.3) is 20.2 Å². The number of hydrogen-bond acceptors (Lipinski definition) is 13. The SMILES string of the molecule is Cc1ccc(/N=N/c2c(S(=O)(=O)O)cc3cc(S(=O)O)cc(Nc4nc(Cl)nc(N(C)c5ccccc5)n4)c3c2O)c(S(=O)(=O)O)c1. The van der Waals surface area contributed by atoms with E-state index in [0.717, 1.165) is 24.3 Å². The van der Waals surface area contributed by atoms with Crippen LogP contribution in [0.15, 0.2) is 91.6 Å². The van der Waals surface area contributed by atoms with Crippen molar-refractivity contribution in [3.8, 4) is 5.75 Å². The highest BCUT2D eigenvalue weighted by Gasteiger charge is 2.26. The van der Waals surface area contributed by atoms with Gasteiger partial charge in [0.2, 0.25) is 17.2 Å². The number of hydrogen-bond donors (Lipinski definition) is 5. The number of para-hydroxylation sites is 1. The molecule has 16 nitrogen and oxygen atoms in total. The van der Waals surface area contributed by atoms with Crippen LogP contribution in [0.1, 0.15) is 5.56 Å². The first kappa shape index (κ1) is 33.7. The Morgan fingerprint density at radius 1 is 0.894 bits per heavy atom. The minimum atomic E-state index is -5.15. The molecule has 0 fully saturated rings. The van der Waals surface area contributed by atoms with Crippen LogP contribution in [-0.2, 0) is 31.3 Å². The zero-order chi connectivity index (χ0) is 34.3. The number of azo groups is 1. The fourth-order valence-electron chi connectivity index (χ4n) is 4.40. The van der Waals surface area contributed by atoms with Gasteiger partial charge in [0, 0.05) is 18.1 Å². The largest absolute Gasteiger partial charge is 0.505 e. The summed E-state index contributed by atoms with van der Waals surface area (Å²) >= 11 is 3.56. The molecule has 4 aromatic carbocycles. The average Bonchev–Trinajstić information content (AvgIpc) is 2.99. The summed E-state index contributed by atoms with van der Waals surface area (Å²) in [4.78, 5) is 12.2. The monoisotopic (exact) mass is 719 g/mol. The van der Waals surface area contributed by atoms with Gasteiger partial charge in [0.1, 0.15) is 21.2 Å². The van der Waals surface area contributed by atoms with E-state index < -0.39 is 58.2 Å². The first-order valence-corrected chi connectivity index (χ1v) is 17.3. The van der Waals surface area contributed by atoms with Crippen molar-refractivity contribution < 1.29 is 39.8 Å². The number of benzene rings is 4. The van der Waals surface area contributed by atoms with Crippen LogP contribution >= 0.6 is 11.6 Å². The van der Waals surface area contributed by atoms with Crippen molar-refractivity contribution in [3.63, 3.8) is 0 Å². The zero-order valence-corrected chi connectivity index (χ0v) is 27.2. The summed E-state index contributed by atoms with van der Waals surface area (Å²) in [6.45, 7) is 1.55. The normalized spacial score (nSPS) is 12.8. The lowest BCUT2D eigenvalue weighted by Gasteiger charge is -2.18. The molecule has 0 saturated heterocycles. The quantitative estimate of drug-likeness (QED) is 0.0698. The van der Waals surface area contributed by atoms with Gasteiger partial charge in [-0.1, -0.05) is 24.3 Å². The molecule has 1 atom stereocenters. The van der Waals surface area contributed by atoms with Gasteiger partial charge in [-0.25, -0.2) is 4.21 Å². The third-order valence-electron chi connectivity index (χ3n) is 6.54. The number of phenols is 1. The van der Waals surface area contributed by atoms with Gasteiger partial charge in [0.15, 0.2) is 16.8 Å². The van der Waals surface area contributed by atoms with Crippen molar-refractivity contribution in [2.24, 2.45) is 10.2 Å². The van der Waals surface area contributed by atoms with Gasteiger partial charge in [0.05, 0.1) is 10.6 Å². The molecule has 0 spiro atoms. The van der Waals surface area contributed by atoms with Gasteiger partial charge >= 0.3 is 0 Å². The zero-order valence-electron chi connectivity index (χ0n) is 24.0. The summed E-state index contributed by atoms with van der Waals surface area (Å²) in [6.07, 6.45) is 0. The minimum absolute atomic E-state index is 0.0880. The number of rotatable bonds is 9. The van der Waals surface area contributed by atoms with Crippen LogP contribution in [0.25, 0.3) is 10.8 Å². The first-order chi connectivity index (χ1) is 22.0. The number of aromatic hydroxyl groups is 1. The molecular formula is C27H22ClN7O9S3. The predicted molar refractivity (Wildman–Crippen MR) is 172 cm³/mol. The lowest BCUT2D eigenvalue weighted by Crippen LogP contribution is -2.14. The molecule has 1 heterocycles. The smallest absolute Gasteiger partial charge is 0.296 e. The fourth-order valence-corrected chi connectivity index (χ4v) is 6.37. The Labute approximate surface area is 274 Å². The Morgan fingerprint density at radius 3 is 2.21 bits per heavy atom. The molecule has 0 bridgehead atoms. The fraction of sp³-hybridized carbons (Fsp3) is 0.0741. The van der Waals surface area contributed by atoms with Crippen molar-refractivity contribution in [1.29, 1.82) is 0 Å². The summed E-state index contributed by atoms with van der Waals surface area (Å²) < 4.78 is 90.4. The van der Waals surface area contributed by atoms with E-state index in [0.29, 0.717) is 11.3 Å². The first-order valence-electron chi connectivity index (χ1n) is 12.9. The van der Waals surface area contributed by atoms with Crippen LogP contribution in [0, 0.1) is 6.92 Å². The van der Waals surface area contributed by atoms with Gasteiger partial charge in [-0.15, -0.1) is 10.2 Å². The van der Waals surface area contributed by atoms with E-state index in [2.05, 4.69) is 30.5 Å². The third kappa shape index (κ3) is 7.36. The molecule has 20 heteroatoms. The van der Waals surface area contributed by atoms with E-state index in [1.807, 2.05) is 6.07 Å². The van der Waals surface area contributed by atoms with Crippen LogP contribution < -0.4 is 10.2 Å². The second-order valence-electron chi connectivity index (χ2n) is 9.76. The third-order valence-corrected chi connectivity index (χ3v) is 9.10. The van der Waals surface area contributed by atoms with Gasteiger partial charge in [-0.3, -0.25) is 9.11 Å². The van der Waals surface area contributed by atoms with Crippen molar-refractivity contribution in [2.75, 3.05) is 17.3 Å². The van der Waals surface area contributed by atoms with Crippen LogP contribution in [0.5, 0.6) is 5.75 Å². The Hall–Kier alpha value is -4.63. The number of anilines is 4. The molecule has 47 heavy (non-hydrogen) atoms. The molecule has 0 amide bonds. The lowest BCUT2D eigenvalue weighted by atomic mass is 10.1. The van der Waals surface area contributed by atoms with Crippen LogP contribution in [0.4, 0.5) is 34.6 Å². The Kier molecular flexibility index (Phi) is 9.24. The number of aromatic nitrogens is 3. The Bertz CT molecular complexity index is 2330. The second-order valence-corrected chi connectivity index (χ2v) is 13.8. The lowest BCUT2D eigenvalue weighted by molar-refractivity contribution is 0.472. The molecule has 0 aliphatic carbocycles. The maximum absolute atomic E-state index is 12.4. The maximum Gasteiger partial charge on any atom is 0.296 e. The molecule has 5 aromatic rings. The molecule has 0 saturated carbocycles. The molecule has 5 N–H and O–H groups in total. The highest BCUT2D eigenvalue weighted by Crippen LogP contribution is 2.46. The van der Waals surface area contributed by atoms with Gasteiger partial charge < -0.3 is 19.9 Å². The summed E-state index contributed by atoms with van der Waals surface area (Å²) in [5.41, 5.74) is -0.257. The van der Waals surface area contributed by atoms with Crippen LogP contribution in [0.2, 0.25) is 5.28 Å². The number of phenolic OH excluding ortho intramolecular Hbond substituents is 1. The van der Waals surface area contributed by atoms with Crippen LogP contribution in [0.3, 0.4) is 0 Å². The standard InChI is InChI=1S/C27H22ClN7O9S3/c1-14-8-9-18(20(10-14)46(39,40)41)33-34-23-21(47(42,43)44)12-15-11-17(45(37)38)13-19(22(15)24(23)36)29-26-30-25(28)31-27(32-26)35(2)16-6-4-3-5-7-16/h3-13,36H,1-2H3,(H,37,38)(H,39,40,41)(H,42,43,44)(H,29,30,31,32)/b34-33+. The molecule has 0 radical (unpaired) electrons. The molecule has 1 aromatic heterocycles. The van der Waals surface area contributed by atoms with Crippen molar-refractivity contribution >= 4 is 88.3 Å². The van der Waals surface area contributed by atoms with E-state index in [1.54, 1.807) is 43.1 Å². The molecule has 0 aliphatic heterocycles. The summed E-state index contributed by atoms with van der Waals surface area (Å²) in [7, 11) is -8.29. The van der Waals surface area contributed by atoms with Crippen LogP contribution in [-0.4, -0.2) is 61.8 Å². The van der Waals surface area contributed by atoms with Crippen molar-refractivity contribution in [2.45, 2.75) is 21.6 Å². The summed E-state index contributed by atoms with van der Waals surface area (Å²) in [6, 6.07) is 15.8. The van der Waals surface area contributed by atoms with E-state index in [4.69, 9.17) is 11.6 Å². The second kappa shape index (κ2) is 12.9. The van der Waals surface area contributed by atoms with Gasteiger partial charge in [-0.05, 0) is 71.9 Å². The highest BCUT2D eigenvalue weighted by molar-refractivity contribution is 7.86. The van der Waals surface area contributed by atoms with Crippen molar-refractivity contribution in [3.05, 3.63) is 77.6 Å². The van der Waals surface area contributed by atoms with E-state index in [9.17, 15) is 39.8 Å². The number of halogens is 1. The predicted octanol–water partition coefficient (Wildman–Crippen LogP) is 5.69. The summed E-state index contributed by atoms with van der Waals surface area (Å²) in [5.74, 6) is -1.01. The number of fused-ring (bicyclic) bond motifs is 1. The summed E-state index contributed by atoms with van der Waals surface area (Å²) in [5, 5.41) is 21.1. The van der Waals surface area contributed by atoms with E-state index >= 15 is 0 Å². The van der Waals surface area contributed by atoms with E-state index in [1.165, 1.54) is 12.1 Å². The number of aryl methyl sites for hydroxylation is 1. The highest BCUT2D eigenvalue weighted by atomic mass is 35.5. The molecule has 0 aliphatic rings. The molecular weight excluding hydrogens is 698 g/mol. The maximum atomic E-state index is 12.4. The molecule has 1 unspecified atom stereocenters. The number of nitrogens with zero attached hydrogens (tertiary/aromatic N) is 6. The number of nitrogens with one attached hydrogen (secondary N) is 1. The Morgan fingerprint density at radius 2 is 1.57 bits per heavy atom. The topological polar surface area (TPSA) is 245 Å². The van der Waals surface area contributed by atoms with E-state index in [-0.39, 0.29) is 38.5 Å². The van der Waals surface area contributed by atoms with Gasteiger partial charge in [-0.2, -0.15) is 31.8 Å². The van der Waals surface area contributed by atoms with Crippen molar-refractivity contribution in [1.82, 2.24) is 15.0 Å². The Balaban J connectivity index is 1.72.